The molecular weight excluding hydrogens is 478 g/mol. The SMILES string of the molecule is CCN(CC=O)C(=O)OC(C)(C)C.CN1CCN(Sc2cccc3c(OC(F)F)nccc23)CC1. The van der Waals surface area contributed by atoms with Crippen molar-refractivity contribution in [2.75, 3.05) is 46.3 Å². The Bertz CT molecular complexity index is 966. The highest BCUT2D eigenvalue weighted by atomic mass is 32.2. The third-order valence-corrected chi connectivity index (χ3v) is 6.12. The van der Waals surface area contributed by atoms with Crippen LogP contribution in [0.25, 0.3) is 10.8 Å². The second-order valence-corrected chi connectivity index (χ2v) is 9.99. The Morgan fingerprint density at radius 1 is 1.20 bits per heavy atom. The lowest BCUT2D eigenvalue weighted by Crippen LogP contribution is -2.40. The van der Waals surface area contributed by atoms with Crippen molar-refractivity contribution in [2.45, 2.75) is 44.8 Å². The number of nitrogens with zero attached hydrogens (tertiary/aromatic N) is 4. The van der Waals surface area contributed by atoms with Crippen LogP contribution in [0, 0.1) is 0 Å². The molecule has 1 aromatic carbocycles. The molecule has 11 heteroatoms. The fraction of sp³-hybridized carbons (Fsp3) is 0.542. The molecular formula is C24H34F2N4O4S. The van der Waals surface area contributed by atoms with Gasteiger partial charge in [0, 0.05) is 54.6 Å². The maximum atomic E-state index is 12.5. The normalized spacial score (nSPS) is 14.9. The average Bonchev–Trinajstić information content (AvgIpc) is 2.78. The van der Waals surface area contributed by atoms with Crippen LogP contribution in [0.2, 0.25) is 0 Å². The van der Waals surface area contributed by atoms with E-state index in [2.05, 4.69) is 26.0 Å². The fourth-order valence-corrected chi connectivity index (χ4v) is 4.22. The highest BCUT2D eigenvalue weighted by Crippen LogP contribution is 2.34. The van der Waals surface area contributed by atoms with Gasteiger partial charge in [0.15, 0.2) is 0 Å². The molecule has 1 aromatic heterocycles. The molecule has 0 radical (unpaired) electrons. The van der Waals surface area contributed by atoms with Crippen LogP contribution in [-0.4, -0.2) is 90.0 Å². The number of hydrogen-bond acceptors (Lipinski definition) is 8. The zero-order chi connectivity index (χ0) is 26.0. The predicted molar refractivity (Wildman–Crippen MR) is 133 cm³/mol. The zero-order valence-corrected chi connectivity index (χ0v) is 21.7. The molecule has 1 aliphatic rings. The third-order valence-electron chi connectivity index (χ3n) is 4.95. The van der Waals surface area contributed by atoms with E-state index in [-0.39, 0.29) is 12.4 Å². The number of fused-ring (bicyclic) bond motifs is 1. The maximum absolute atomic E-state index is 12.5. The summed E-state index contributed by atoms with van der Waals surface area (Å²) in [5.41, 5.74) is -0.507. The number of halogens is 2. The fourth-order valence-electron chi connectivity index (χ4n) is 3.18. The Hall–Kier alpha value is -2.50. The van der Waals surface area contributed by atoms with E-state index in [0.29, 0.717) is 18.2 Å². The van der Waals surface area contributed by atoms with Crippen molar-refractivity contribution < 1.29 is 27.8 Å². The highest BCUT2D eigenvalue weighted by molar-refractivity contribution is 7.97. The lowest BCUT2D eigenvalue weighted by Gasteiger charge is -2.31. The first kappa shape index (κ1) is 28.7. The van der Waals surface area contributed by atoms with Gasteiger partial charge in [0.05, 0.1) is 6.54 Å². The van der Waals surface area contributed by atoms with Gasteiger partial charge >= 0.3 is 12.7 Å². The molecule has 194 valence electrons. The first-order chi connectivity index (χ1) is 16.5. The number of rotatable bonds is 7. The summed E-state index contributed by atoms with van der Waals surface area (Å²) in [5, 5.41) is 1.50. The van der Waals surface area contributed by atoms with E-state index in [0.717, 1.165) is 36.5 Å². The van der Waals surface area contributed by atoms with Gasteiger partial charge in [-0.25, -0.2) is 14.1 Å². The van der Waals surface area contributed by atoms with Gasteiger partial charge in [0.1, 0.15) is 11.9 Å². The topological polar surface area (TPSA) is 75.2 Å². The van der Waals surface area contributed by atoms with Crippen molar-refractivity contribution in [1.29, 1.82) is 0 Å². The van der Waals surface area contributed by atoms with Crippen molar-refractivity contribution >= 4 is 35.1 Å². The second-order valence-electron chi connectivity index (χ2n) is 8.86. The lowest BCUT2D eigenvalue weighted by atomic mass is 10.2. The van der Waals surface area contributed by atoms with E-state index < -0.39 is 18.3 Å². The smallest absolute Gasteiger partial charge is 0.410 e. The number of benzene rings is 1. The molecule has 0 unspecified atom stereocenters. The molecule has 2 heterocycles. The monoisotopic (exact) mass is 512 g/mol. The summed E-state index contributed by atoms with van der Waals surface area (Å²) >= 11 is 1.66. The number of piperazine rings is 1. The zero-order valence-electron chi connectivity index (χ0n) is 20.9. The molecule has 2 aromatic rings. The molecule has 3 rings (SSSR count). The molecule has 1 aliphatic heterocycles. The summed E-state index contributed by atoms with van der Waals surface area (Å²) in [6.45, 7) is 8.88. The maximum Gasteiger partial charge on any atom is 0.410 e. The minimum atomic E-state index is -2.87. The number of pyridine rings is 1. The highest BCUT2D eigenvalue weighted by Gasteiger charge is 2.20. The number of aromatic nitrogens is 1. The third kappa shape index (κ3) is 9.58. The standard InChI is InChI=1S/C15H17F2N3OS.C9H17NO3/c1-19-7-9-20(10-8-19)22-13-4-2-3-12-11(13)5-6-18-14(12)21-15(16)17;1-5-10(6-7-11)8(12)13-9(2,3)4/h2-6,15H,7-10H2,1H3;7H,5-6H2,1-4H3. The molecule has 35 heavy (non-hydrogen) atoms. The van der Waals surface area contributed by atoms with Crippen LogP contribution in [0.4, 0.5) is 13.6 Å². The Labute approximate surface area is 209 Å². The van der Waals surface area contributed by atoms with E-state index in [4.69, 9.17) is 4.74 Å². The molecule has 1 saturated heterocycles. The second kappa shape index (κ2) is 13.6. The summed E-state index contributed by atoms with van der Waals surface area (Å²) < 4.78 is 36.8. The number of carbonyl (C=O) groups is 2. The van der Waals surface area contributed by atoms with Crippen molar-refractivity contribution in [3.63, 3.8) is 0 Å². The first-order valence-electron chi connectivity index (χ1n) is 11.4. The average molecular weight is 513 g/mol. The molecule has 0 spiro atoms. The number of amides is 1. The largest absolute Gasteiger partial charge is 0.444 e. The molecule has 0 N–H and O–H groups in total. The number of hydrogen-bond donors (Lipinski definition) is 0. The Kier molecular flexibility index (Phi) is 11.1. The van der Waals surface area contributed by atoms with Gasteiger partial charge in [-0.15, -0.1) is 0 Å². The van der Waals surface area contributed by atoms with Gasteiger partial charge in [-0.2, -0.15) is 8.78 Å². The minimum Gasteiger partial charge on any atom is -0.444 e. The number of carbonyl (C=O) groups excluding carboxylic acids is 2. The molecule has 0 saturated carbocycles. The van der Waals surface area contributed by atoms with E-state index in [1.54, 1.807) is 45.7 Å². The van der Waals surface area contributed by atoms with Gasteiger partial charge in [-0.05, 0) is 64.9 Å². The number of alkyl halides is 2. The van der Waals surface area contributed by atoms with E-state index in [1.165, 1.54) is 11.1 Å². The molecule has 0 bridgehead atoms. The summed E-state index contributed by atoms with van der Waals surface area (Å²) in [4.78, 5) is 30.1. The number of aldehydes is 1. The molecule has 1 amide bonds. The first-order valence-corrected chi connectivity index (χ1v) is 12.2. The van der Waals surface area contributed by atoms with Crippen LogP contribution in [0.3, 0.4) is 0 Å². The Morgan fingerprint density at radius 3 is 2.46 bits per heavy atom. The van der Waals surface area contributed by atoms with Gasteiger partial charge in [-0.3, -0.25) is 0 Å². The molecule has 0 atom stereocenters. The van der Waals surface area contributed by atoms with E-state index >= 15 is 0 Å². The van der Waals surface area contributed by atoms with Crippen LogP contribution in [0.1, 0.15) is 27.7 Å². The summed E-state index contributed by atoms with van der Waals surface area (Å²) in [5.74, 6) is -0.0201. The summed E-state index contributed by atoms with van der Waals surface area (Å²) in [7, 11) is 2.11. The van der Waals surface area contributed by atoms with Crippen molar-refractivity contribution in [3.8, 4) is 5.88 Å². The summed E-state index contributed by atoms with van der Waals surface area (Å²) in [6, 6.07) is 7.44. The van der Waals surface area contributed by atoms with Crippen molar-refractivity contribution in [2.24, 2.45) is 0 Å². The lowest BCUT2D eigenvalue weighted by molar-refractivity contribution is -0.108. The Morgan fingerprint density at radius 2 is 1.89 bits per heavy atom. The number of ether oxygens (including phenoxy) is 2. The summed E-state index contributed by atoms with van der Waals surface area (Å²) in [6.07, 6.45) is 1.75. The molecule has 0 aliphatic carbocycles. The van der Waals surface area contributed by atoms with Gasteiger partial charge in [0.25, 0.3) is 0 Å². The van der Waals surface area contributed by atoms with Crippen LogP contribution >= 0.6 is 11.9 Å². The number of likely N-dealkylation sites (N-methyl/N-ethyl adjacent to an activating group) is 2. The molecule has 1 fully saturated rings. The van der Waals surface area contributed by atoms with E-state index in [1.807, 2.05) is 18.2 Å². The van der Waals surface area contributed by atoms with Crippen molar-refractivity contribution in [3.05, 3.63) is 30.5 Å². The van der Waals surface area contributed by atoms with Crippen LogP contribution < -0.4 is 4.74 Å². The van der Waals surface area contributed by atoms with Crippen LogP contribution in [-0.2, 0) is 9.53 Å². The van der Waals surface area contributed by atoms with Gasteiger partial charge < -0.3 is 24.1 Å². The van der Waals surface area contributed by atoms with Crippen molar-refractivity contribution in [1.82, 2.24) is 19.1 Å². The quantitative estimate of drug-likeness (QED) is 0.396. The van der Waals surface area contributed by atoms with Crippen LogP contribution in [0.5, 0.6) is 5.88 Å². The van der Waals surface area contributed by atoms with Gasteiger partial charge in [-0.1, -0.05) is 6.07 Å². The minimum absolute atomic E-state index is 0.0201. The van der Waals surface area contributed by atoms with E-state index in [9.17, 15) is 18.4 Å². The predicted octanol–water partition coefficient (Wildman–Crippen LogP) is 4.53. The Balaban J connectivity index is 0.000000287. The van der Waals surface area contributed by atoms with Crippen LogP contribution in [0.15, 0.2) is 35.4 Å². The van der Waals surface area contributed by atoms with Gasteiger partial charge in [0.2, 0.25) is 5.88 Å². The molecule has 8 nitrogen and oxygen atoms in total.